The van der Waals surface area contributed by atoms with E-state index in [0.717, 1.165) is 0 Å². The third kappa shape index (κ3) is 15.0. The summed E-state index contributed by atoms with van der Waals surface area (Å²) in [7, 11) is 0. The van der Waals surface area contributed by atoms with E-state index in [9.17, 15) is 0 Å². The van der Waals surface area contributed by atoms with E-state index < -0.39 is 5.31 Å². The second kappa shape index (κ2) is 19.9. The third-order valence-electron chi connectivity index (χ3n) is 8.00. The third-order valence-corrected chi connectivity index (χ3v) is 17.4. The molecule has 0 nitrogen and oxygen atoms in total. The van der Waals surface area contributed by atoms with Crippen molar-refractivity contribution in [2.75, 3.05) is 18.5 Å². The van der Waals surface area contributed by atoms with Crippen LogP contribution in [0.15, 0.2) is 30.8 Å². The molecule has 0 saturated heterocycles. The van der Waals surface area contributed by atoms with Gasteiger partial charge in [-0.05, 0) is 0 Å². The summed E-state index contributed by atoms with van der Waals surface area (Å²) in [6, 6.07) is 9.33. The SMILES string of the molecule is C=Cc1ccc(CP(Br)(CCCCCCCC)(CCCCCCCC)CCCCCCCC)cc1. The van der Waals surface area contributed by atoms with E-state index in [1.54, 1.807) is 5.56 Å². The normalized spacial score (nSPS) is 13.0. The first-order valence-electron chi connectivity index (χ1n) is 15.4. The number of hydrogen-bond acceptors (Lipinski definition) is 0. The van der Waals surface area contributed by atoms with Crippen LogP contribution in [0.25, 0.3) is 6.08 Å². The molecule has 0 unspecified atom stereocenters. The number of halogens is 1. The molecule has 204 valence electrons. The average Bonchev–Trinajstić information content (AvgIpc) is 2.86. The van der Waals surface area contributed by atoms with Crippen molar-refractivity contribution in [3.05, 3.63) is 42.0 Å². The Morgan fingerprint density at radius 3 is 1.26 bits per heavy atom. The van der Waals surface area contributed by atoms with Crippen LogP contribution in [0.4, 0.5) is 0 Å². The van der Waals surface area contributed by atoms with Crippen LogP contribution in [0.5, 0.6) is 0 Å². The molecule has 1 aromatic rings. The van der Waals surface area contributed by atoms with Crippen LogP contribution in [0.2, 0.25) is 0 Å². The van der Waals surface area contributed by atoms with Crippen LogP contribution in [-0.2, 0) is 6.16 Å². The van der Waals surface area contributed by atoms with E-state index in [2.05, 4.69) is 51.6 Å². The van der Waals surface area contributed by atoms with Gasteiger partial charge < -0.3 is 0 Å². The van der Waals surface area contributed by atoms with Gasteiger partial charge in [-0.2, -0.15) is 0 Å². The zero-order chi connectivity index (χ0) is 25.7. The molecule has 0 amide bonds. The van der Waals surface area contributed by atoms with Crippen molar-refractivity contribution in [2.24, 2.45) is 0 Å². The van der Waals surface area contributed by atoms with E-state index in [1.165, 1.54) is 146 Å². The van der Waals surface area contributed by atoms with Gasteiger partial charge >= 0.3 is 230 Å². The Balaban J connectivity index is 2.95. The molecule has 0 radical (unpaired) electrons. The van der Waals surface area contributed by atoms with Gasteiger partial charge in [-0.3, -0.25) is 0 Å². The Bertz CT molecular complexity index is 591. The standard InChI is InChI=1S/C33H60BrP/c1-5-9-12-15-18-21-28-35(34,29-22-19-16-13-10-6-2,30-23-20-17-14-11-7-3)31-33-26-24-32(8-4)25-27-33/h8,24-27H,4-7,9-23,28-31H2,1-3H3. The summed E-state index contributed by atoms with van der Waals surface area (Å²) in [4.78, 5) is 0. The number of unbranched alkanes of at least 4 members (excludes halogenated alkanes) is 15. The minimum absolute atomic E-state index is 1.24. The van der Waals surface area contributed by atoms with E-state index in [0.29, 0.717) is 0 Å². The predicted octanol–water partition coefficient (Wildman–Crippen LogP) is 12.8. The molecule has 0 aliphatic heterocycles. The molecule has 0 fully saturated rings. The Labute approximate surface area is 229 Å². The van der Waals surface area contributed by atoms with Gasteiger partial charge in [0.15, 0.2) is 0 Å². The van der Waals surface area contributed by atoms with Crippen molar-refractivity contribution in [2.45, 2.75) is 143 Å². The van der Waals surface area contributed by atoms with Crippen molar-refractivity contribution in [1.29, 1.82) is 0 Å². The summed E-state index contributed by atoms with van der Waals surface area (Å²) < 4.78 is 0. The van der Waals surface area contributed by atoms with Crippen LogP contribution >= 0.6 is 20.8 Å². The average molecular weight is 568 g/mol. The van der Waals surface area contributed by atoms with E-state index in [-0.39, 0.29) is 0 Å². The molecule has 1 aromatic carbocycles. The van der Waals surface area contributed by atoms with Crippen molar-refractivity contribution in [1.82, 2.24) is 0 Å². The summed E-state index contributed by atoms with van der Waals surface area (Å²) in [6.45, 7) is 10.9. The first kappa shape index (κ1) is 32.9. The quantitative estimate of drug-likeness (QED) is 0.0861. The molecule has 1 rings (SSSR count). The Morgan fingerprint density at radius 2 is 0.914 bits per heavy atom. The molecule has 0 bridgehead atoms. The topological polar surface area (TPSA) is 0 Å². The van der Waals surface area contributed by atoms with Gasteiger partial charge in [0.25, 0.3) is 0 Å². The minimum atomic E-state index is -1.98. The zero-order valence-corrected chi connectivity index (χ0v) is 26.5. The van der Waals surface area contributed by atoms with Crippen LogP contribution in [0.1, 0.15) is 147 Å². The van der Waals surface area contributed by atoms with Crippen LogP contribution < -0.4 is 0 Å². The van der Waals surface area contributed by atoms with Gasteiger partial charge in [0, 0.05) is 0 Å². The predicted molar refractivity (Wildman–Crippen MR) is 171 cm³/mol. The van der Waals surface area contributed by atoms with E-state index >= 15 is 0 Å². The van der Waals surface area contributed by atoms with E-state index in [4.69, 9.17) is 15.5 Å². The van der Waals surface area contributed by atoms with Gasteiger partial charge in [-0.15, -0.1) is 0 Å². The summed E-state index contributed by atoms with van der Waals surface area (Å²) in [5, 5.41) is -1.98. The summed E-state index contributed by atoms with van der Waals surface area (Å²) in [5.41, 5.74) is 2.79. The Hall–Kier alpha value is -0.130. The fraction of sp³-hybridized carbons (Fsp3) is 0.758. The molecular weight excluding hydrogens is 507 g/mol. The fourth-order valence-corrected chi connectivity index (χ4v) is 14.1. The van der Waals surface area contributed by atoms with Gasteiger partial charge in [0.2, 0.25) is 0 Å². The van der Waals surface area contributed by atoms with Crippen LogP contribution in [0, 0.1) is 0 Å². The molecule has 0 spiro atoms. The number of hydrogen-bond donors (Lipinski definition) is 0. The van der Waals surface area contributed by atoms with Gasteiger partial charge in [0.05, 0.1) is 0 Å². The molecule has 0 aliphatic carbocycles. The summed E-state index contributed by atoms with van der Waals surface area (Å²) in [6.07, 6.45) is 32.9. The van der Waals surface area contributed by atoms with Crippen LogP contribution in [-0.4, -0.2) is 18.5 Å². The second-order valence-corrected chi connectivity index (χ2v) is 22.7. The van der Waals surface area contributed by atoms with Crippen molar-refractivity contribution in [3.8, 4) is 0 Å². The molecule has 0 N–H and O–H groups in total. The van der Waals surface area contributed by atoms with Crippen molar-refractivity contribution >= 4 is 26.9 Å². The zero-order valence-electron chi connectivity index (χ0n) is 24.0. The first-order chi connectivity index (χ1) is 17.0. The van der Waals surface area contributed by atoms with Crippen molar-refractivity contribution < 1.29 is 0 Å². The van der Waals surface area contributed by atoms with Crippen LogP contribution in [0.3, 0.4) is 0 Å². The van der Waals surface area contributed by atoms with Gasteiger partial charge in [-0.25, -0.2) is 0 Å². The molecular formula is C33H60BrP. The van der Waals surface area contributed by atoms with E-state index in [1.807, 2.05) is 6.08 Å². The van der Waals surface area contributed by atoms with Gasteiger partial charge in [0.1, 0.15) is 0 Å². The Kier molecular flexibility index (Phi) is 18.7. The number of rotatable bonds is 24. The molecule has 0 atom stereocenters. The summed E-state index contributed by atoms with van der Waals surface area (Å²) >= 11 is 4.72. The molecule has 0 heterocycles. The maximum atomic E-state index is 4.72. The molecule has 35 heavy (non-hydrogen) atoms. The second-order valence-electron chi connectivity index (χ2n) is 11.4. The molecule has 0 aliphatic rings. The molecule has 0 saturated carbocycles. The fourth-order valence-electron chi connectivity index (χ4n) is 5.65. The van der Waals surface area contributed by atoms with Gasteiger partial charge in [-0.1, -0.05) is 0 Å². The Morgan fingerprint density at radius 1 is 0.571 bits per heavy atom. The number of benzene rings is 1. The maximum absolute atomic E-state index is 4.72. The summed E-state index contributed by atoms with van der Waals surface area (Å²) in [5.74, 6) is 0. The monoisotopic (exact) mass is 566 g/mol. The molecule has 0 aromatic heterocycles. The molecule has 2 heteroatoms. The van der Waals surface area contributed by atoms with Crippen molar-refractivity contribution in [3.63, 3.8) is 0 Å². The first-order valence-corrected chi connectivity index (χ1v) is 20.4.